The maximum Gasteiger partial charge on any atom is 0.262 e. The summed E-state index contributed by atoms with van der Waals surface area (Å²) in [6.07, 6.45) is 1.91. The van der Waals surface area contributed by atoms with Crippen molar-refractivity contribution in [2.24, 2.45) is 0 Å². The fourth-order valence-corrected chi connectivity index (χ4v) is 3.60. The molecule has 7 nitrogen and oxygen atoms in total. The summed E-state index contributed by atoms with van der Waals surface area (Å²) in [6, 6.07) is 5.10. The maximum absolute atomic E-state index is 12.5. The van der Waals surface area contributed by atoms with Crippen molar-refractivity contribution in [1.82, 2.24) is 9.21 Å². The number of thiol groups is 1. The molecule has 2 heterocycles. The first kappa shape index (κ1) is 15.9. The average molecular weight is 336 g/mol. The third-order valence-electron chi connectivity index (χ3n) is 4.16. The summed E-state index contributed by atoms with van der Waals surface area (Å²) in [7, 11) is -2.87. The first-order chi connectivity index (χ1) is 10.9. The van der Waals surface area contributed by atoms with Gasteiger partial charge < -0.3 is 5.11 Å². The Kier molecular flexibility index (Phi) is 4.05. The number of hydrogen-bond donors (Lipinski definition) is 2. The lowest BCUT2D eigenvalue weighted by Gasteiger charge is -2.28. The molecule has 0 aliphatic carbocycles. The number of nitrogens with zero attached hydrogens (tertiary/aromatic N) is 2. The highest BCUT2D eigenvalue weighted by Crippen LogP contribution is 2.27. The van der Waals surface area contributed by atoms with Crippen LogP contribution in [-0.2, 0) is 10.9 Å². The lowest BCUT2D eigenvalue weighted by atomic mass is 10.1. The number of amides is 2. The largest absolute Gasteiger partial charge is 0.389 e. The normalized spacial score (nSPS) is 28.3. The average Bonchev–Trinajstić information content (AvgIpc) is 2.67. The Hall–Kier alpha value is -2.03. The summed E-state index contributed by atoms with van der Waals surface area (Å²) < 4.78 is 23.6. The number of fused-ring (bicyclic) bond motifs is 1. The van der Waals surface area contributed by atoms with E-state index in [1.807, 2.05) is 0 Å². The highest BCUT2D eigenvalue weighted by molar-refractivity contribution is 7.69. The molecule has 2 amide bonds. The molecule has 3 rings (SSSR count). The van der Waals surface area contributed by atoms with Crippen LogP contribution < -0.4 is 0 Å². The molecule has 2 aliphatic rings. The molecular weight excluding hydrogens is 320 g/mol. The van der Waals surface area contributed by atoms with Gasteiger partial charge in [0.05, 0.1) is 23.3 Å². The van der Waals surface area contributed by atoms with E-state index >= 15 is 0 Å². The molecule has 0 saturated heterocycles. The number of aliphatic hydroxyl groups is 1. The van der Waals surface area contributed by atoms with Gasteiger partial charge in [0.25, 0.3) is 11.8 Å². The first-order valence-corrected chi connectivity index (χ1v) is 8.29. The predicted octanol–water partition coefficient (Wildman–Crippen LogP) is -0.201. The number of aliphatic hydroxyl groups excluding tert-OH is 1. The quantitative estimate of drug-likeness (QED) is 0.443. The third kappa shape index (κ3) is 2.58. The van der Waals surface area contributed by atoms with Crippen molar-refractivity contribution in [3.63, 3.8) is 0 Å². The van der Waals surface area contributed by atoms with Gasteiger partial charge in [-0.2, -0.15) is 4.31 Å². The molecule has 0 spiro atoms. The summed E-state index contributed by atoms with van der Waals surface area (Å²) in [6.45, 7) is 1.49. The Morgan fingerprint density at radius 2 is 1.65 bits per heavy atom. The molecule has 0 aromatic heterocycles. The van der Waals surface area contributed by atoms with Crippen LogP contribution in [0.2, 0.25) is 0 Å². The zero-order chi connectivity index (χ0) is 16.7. The fourth-order valence-electron chi connectivity index (χ4n) is 2.92. The standard InChI is InChI=1S/C15H16N2O5S/c1-9-6-7-12(13(18)8-16(9)23(21)22)17-14(19)10-4-2-3-5-11(10)15(17)20/h2-7,9,12-13,18,23H,8H2,1H3/t9-,12+,13+/m1/s1. The Morgan fingerprint density at radius 3 is 2.17 bits per heavy atom. The summed E-state index contributed by atoms with van der Waals surface area (Å²) in [5, 5.41) is 10.4. The van der Waals surface area contributed by atoms with Crippen LogP contribution >= 0.6 is 0 Å². The number of carbonyl (C=O) groups excluding carboxylic acids is 2. The van der Waals surface area contributed by atoms with E-state index in [4.69, 9.17) is 0 Å². The molecule has 1 aromatic rings. The monoisotopic (exact) mass is 336 g/mol. The van der Waals surface area contributed by atoms with Crippen LogP contribution in [0.25, 0.3) is 0 Å². The third-order valence-corrected chi connectivity index (χ3v) is 5.11. The van der Waals surface area contributed by atoms with Crippen molar-refractivity contribution in [3.05, 3.63) is 47.5 Å². The van der Waals surface area contributed by atoms with E-state index in [-0.39, 0.29) is 6.54 Å². The van der Waals surface area contributed by atoms with Gasteiger partial charge in [-0.05, 0) is 19.1 Å². The molecule has 3 atom stereocenters. The molecule has 0 fully saturated rings. The molecule has 0 saturated carbocycles. The van der Waals surface area contributed by atoms with Gasteiger partial charge in [0.2, 0.25) is 10.9 Å². The predicted molar refractivity (Wildman–Crippen MR) is 82.4 cm³/mol. The topological polar surface area (TPSA) is 95.0 Å². The van der Waals surface area contributed by atoms with Crippen molar-refractivity contribution in [1.29, 1.82) is 0 Å². The zero-order valence-corrected chi connectivity index (χ0v) is 13.2. The Morgan fingerprint density at radius 1 is 1.09 bits per heavy atom. The lowest BCUT2D eigenvalue weighted by Crippen LogP contribution is -2.49. The smallest absolute Gasteiger partial charge is 0.262 e. The molecule has 122 valence electrons. The van der Waals surface area contributed by atoms with Crippen LogP contribution in [0.5, 0.6) is 0 Å². The Balaban J connectivity index is 1.95. The van der Waals surface area contributed by atoms with Crippen molar-refractivity contribution in [3.8, 4) is 0 Å². The van der Waals surface area contributed by atoms with Crippen molar-refractivity contribution in [2.75, 3.05) is 6.54 Å². The Labute approximate surface area is 134 Å². The van der Waals surface area contributed by atoms with E-state index < -0.39 is 40.9 Å². The van der Waals surface area contributed by atoms with E-state index in [0.29, 0.717) is 11.1 Å². The molecule has 0 radical (unpaired) electrons. The Bertz CT molecular complexity index is 730. The van der Waals surface area contributed by atoms with E-state index in [0.717, 1.165) is 9.21 Å². The fraction of sp³-hybridized carbons (Fsp3) is 0.333. The second kappa shape index (κ2) is 5.88. The number of β-amino-alcohol motifs (C(OH)–C–C–N with tert-alkyl or cyclic N) is 1. The van der Waals surface area contributed by atoms with Crippen molar-refractivity contribution in [2.45, 2.75) is 25.1 Å². The molecule has 8 heteroatoms. The number of imide groups is 1. The van der Waals surface area contributed by atoms with Crippen molar-refractivity contribution < 1.29 is 23.1 Å². The molecule has 23 heavy (non-hydrogen) atoms. The first-order valence-electron chi connectivity index (χ1n) is 7.16. The van der Waals surface area contributed by atoms with Gasteiger partial charge >= 0.3 is 0 Å². The minimum atomic E-state index is -2.87. The summed E-state index contributed by atoms with van der Waals surface area (Å²) in [5.41, 5.74) is 0.587. The van der Waals surface area contributed by atoms with Gasteiger partial charge in [-0.25, -0.2) is 8.42 Å². The van der Waals surface area contributed by atoms with Gasteiger partial charge in [-0.15, -0.1) is 0 Å². The minimum absolute atomic E-state index is 0.176. The highest BCUT2D eigenvalue weighted by atomic mass is 32.2. The number of hydrogen-bond acceptors (Lipinski definition) is 5. The highest BCUT2D eigenvalue weighted by Gasteiger charge is 2.42. The zero-order valence-electron chi connectivity index (χ0n) is 12.3. The molecular formula is C15H16N2O5S. The molecule has 0 unspecified atom stereocenters. The number of carbonyl (C=O) groups is 2. The molecule has 1 N–H and O–H groups in total. The van der Waals surface area contributed by atoms with Gasteiger partial charge in [0.1, 0.15) is 0 Å². The maximum atomic E-state index is 12.5. The van der Waals surface area contributed by atoms with E-state index in [2.05, 4.69) is 0 Å². The molecule has 0 bridgehead atoms. The van der Waals surface area contributed by atoms with Crippen LogP contribution in [0.3, 0.4) is 0 Å². The second-order valence-electron chi connectivity index (χ2n) is 5.57. The van der Waals surface area contributed by atoms with Crippen LogP contribution in [0, 0.1) is 0 Å². The number of benzene rings is 1. The van der Waals surface area contributed by atoms with Crippen molar-refractivity contribution >= 4 is 22.7 Å². The summed E-state index contributed by atoms with van der Waals surface area (Å²) >= 11 is 0. The summed E-state index contributed by atoms with van der Waals surface area (Å²) in [5.74, 6) is -0.959. The van der Waals surface area contributed by atoms with Crippen LogP contribution in [0.1, 0.15) is 27.6 Å². The van der Waals surface area contributed by atoms with Gasteiger partial charge in [0.15, 0.2) is 0 Å². The van der Waals surface area contributed by atoms with E-state index in [9.17, 15) is 23.1 Å². The molecule has 2 aliphatic heterocycles. The van der Waals surface area contributed by atoms with E-state index in [1.54, 1.807) is 37.3 Å². The lowest BCUT2D eigenvalue weighted by molar-refractivity contribution is 0.0404. The summed E-state index contributed by atoms with van der Waals surface area (Å²) in [4.78, 5) is 26.0. The van der Waals surface area contributed by atoms with E-state index in [1.165, 1.54) is 6.08 Å². The molecule has 1 aromatic carbocycles. The minimum Gasteiger partial charge on any atom is -0.389 e. The second-order valence-corrected chi connectivity index (χ2v) is 6.56. The van der Waals surface area contributed by atoms with Gasteiger partial charge in [-0.1, -0.05) is 24.3 Å². The van der Waals surface area contributed by atoms with Gasteiger partial charge in [0, 0.05) is 12.6 Å². The van der Waals surface area contributed by atoms with Crippen LogP contribution in [0.4, 0.5) is 0 Å². The van der Waals surface area contributed by atoms with Crippen LogP contribution in [0.15, 0.2) is 36.4 Å². The SMILES string of the molecule is C[C@@H]1C=C[C@H](N2C(=O)c3ccccc3C2=O)[C@@H](O)CN1[SH](=O)=O. The van der Waals surface area contributed by atoms with Crippen LogP contribution in [-0.4, -0.2) is 59.3 Å². The number of rotatable bonds is 2. The van der Waals surface area contributed by atoms with Gasteiger partial charge in [-0.3, -0.25) is 14.5 Å².